The highest BCUT2D eigenvalue weighted by molar-refractivity contribution is 6.08. The van der Waals surface area contributed by atoms with Gasteiger partial charge in [0, 0.05) is 43.1 Å². The quantitative estimate of drug-likeness (QED) is 0.873. The van der Waals surface area contributed by atoms with Gasteiger partial charge < -0.3 is 15.2 Å². The maximum absolute atomic E-state index is 12.8. The van der Waals surface area contributed by atoms with E-state index in [1.807, 2.05) is 51.0 Å². The van der Waals surface area contributed by atoms with Gasteiger partial charge in [-0.3, -0.25) is 9.59 Å². The summed E-state index contributed by atoms with van der Waals surface area (Å²) in [5, 5.41) is 2.98. The molecule has 1 amide bonds. The van der Waals surface area contributed by atoms with Crippen molar-refractivity contribution in [3.63, 3.8) is 0 Å². The van der Waals surface area contributed by atoms with E-state index in [1.165, 1.54) is 0 Å². The molecule has 0 saturated carbocycles. The van der Waals surface area contributed by atoms with E-state index in [0.717, 1.165) is 34.6 Å². The van der Waals surface area contributed by atoms with Crippen LogP contribution >= 0.6 is 0 Å². The number of carbonyl (C=O) groups is 2. The molecular formula is C21H27N3O2. The topological polar surface area (TPSA) is 65.2 Å². The van der Waals surface area contributed by atoms with Gasteiger partial charge in [-0.25, -0.2) is 0 Å². The largest absolute Gasteiger partial charge is 0.378 e. The van der Waals surface area contributed by atoms with Crippen LogP contribution in [0.3, 0.4) is 0 Å². The molecule has 1 aliphatic carbocycles. The first-order valence-electron chi connectivity index (χ1n) is 8.93. The highest BCUT2D eigenvalue weighted by Crippen LogP contribution is 2.36. The minimum Gasteiger partial charge on any atom is -0.378 e. The van der Waals surface area contributed by atoms with E-state index in [4.69, 9.17) is 0 Å². The van der Waals surface area contributed by atoms with Crippen molar-refractivity contribution in [2.75, 3.05) is 24.3 Å². The molecule has 138 valence electrons. The molecule has 5 heteroatoms. The number of nitrogens with zero attached hydrogens (tertiary/aromatic N) is 1. The summed E-state index contributed by atoms with van der Waals surface area (Å²) in [6.45, 7) is 7.99. The number of H-pyrrole nitrogens is 1. The molecule has 1 aromatic carbocycles. The predicted molar refractivity (Wildman–Crippen MR) is 105 cm³/mol. The number of amides is 1. The van der Waals surface area contributed by atoms with Crippen molar-refractivity contribution in [2.24, 2.45) is 5.41 Å². The Morgan fingerprint density at radius 2 is 1.88 bits per heavy atom. The Kier molecular flexibility index (Phi) is 4.42. The molecule has 0 unspecified atom stereocenters. The molecule has 5 nitrogen and oxygen atoms in total. The van der Waals surface area contributed by atoms with E-state index in [0.29, 0.717) is 17.7 Å². The Balaban J connectivity index is 1.89. The van der Waals surface area contributed by atoms with Gasteiger partial charge in [-0.1, -0.05) is 13.8 Å². The summed E-state index contributed by atoms with van der Waals surface area (Å²) in [7, 11) is 3.97. The van der Waals surface area contributed by atoms with Gasteiger partial charge in [0.15, 0.2) is 5.78 Å². The molecule has 1 aromatic heterocycles. The number of hydrogen-bond acceptors (Lipinski definition) is 3. The lowest BCUT2D eigenvalue weighted by Gasteiger charge is -2.28. The molecule has 0 saturated heterocycles. The highest BCUT2D eigenvalue weighted by Gasteiger charge is 2.35. The molecule has 0 aliphatic heterocycles. The molecular weight excluding hydrogens is 326 g/mol. The van der Waals surface area contributed by atoms with Crippen LogP contribution in [0.5, 0.6) is 0 Å². The molecule has 2 aromatic rings. The first-order valence-corrected chi connectivity index (χ1v) is 8.93. The summed E-state index contributed by atoms with van der Waals surface area (Å²) >= 11 is 0. The number of aromatic amines is 1. The fourth-order valence-corrected chi connectivity index (χ4v) is 3.71. The third kappa shape index (κ3) is 3.26. The van der Waals surface area contributed by atoms with Gasteiger partial charge in [0.25, 0.3) is 5.91 Å². The number of aryl methyl sites for hydroxylation is 1. The fourth-order valence-electron chi connectivity index (χ4n) is 3.71. The predicted octanol–water partition coefficient (Wildman–Crippen LogP) is 4.10. The third-order valence-corrected chi connectivity index (χ3v) is 5.10. The maximum atomic E-state index is 12.8. The lowest BCUT2D eigenvalue weighted by molar-refractivity contribution is 0.0910. The van der Waals surface area contributed by atoms with Gasteiger partial charge in [0.2, 0.25) is 0 Å². The average Bonchev–Trinajstić information content (AvgIpc) is 2.84. The summed E-state index contributed by atoms with van der Waals surface area (Å²) in [4.78, 5) is 30.6. The van der Waals surface area contributed by atoms with Crippen LogP contribution in [0.15, 0.2) is 18.2 Å². The Morgan fingerprint density at radius 3 is 2.50 bits per heavy atom. The molecule has 2 N–H and O–H groups in total. The molecule has 0 bridgehead atoms. The molecule has 0 radical (unpaired) electrons. The van der Waals surface area contributed by atoms with Crippen LogP contribution in [0.1, 0.15) is 57.9 Å². The first-order chi connectivity index (χ1) is 12.1. The van der Waals surface area contributed by atoms with Gasteiger partial charge in [-0.15, -0.1) is 0 Å². The number of Topliss-reactive ketones (excluding diaryl/α,β-unsaturated/α-hetero) is 1. The Hall–Kier alpha value is -2.56. The third-order valence-electron chi connectivity index (χ3n) is 5.10. The van der Waals surface area contributed by atoms with Gasteiger partial charge >= 0.3 is 0 Å². The summed E-state index contributed by atoms with van der Waals surface area (Å²) in [6, 6.07) is 5.92. The Labute approximate surface area is 154 Å². The first kappa shape index (κ1) is 18.2. The van der Waals surface area contributed by atoms with Crippen LogP contribution in [-0.4, -0.2) is 30.8 Å². The number of fused-ring (bicyclic) bond motifs is 1. The van der Waals surface area contributed by atoms with Crippen LogP contribution in [0.4, 0.5) is 11.4 Å². The Bertz CT molecular complexity index is 891. The zero-order valence-corrected chi connectivity index (χ0v) is 16.4. The number of benzene rings is 1. The number of anilines is 2. The summed E-state index contributed by atoms with van der Waals surface area (Å²) in [5.41, 5.74) is 5.60. The number of carbonyl (C=O) groups excluding carboxylic acids is 2. The molecule has 0 fully saturated rings. The number of aromatic nitrogens is 1. The number of hydrogen-bond donors (Lipinski definition) is 2. The zero-order chi connectivity index (χ0) is 19.2. The van der Waals surface area contributed by atoms with E-state index in [9.17, 15) is 9.59 Å². The lowest BCUT2D eigenvalue weighted by Crippen LogP contribution is -2.26. The van der Waals surface area contributed by atoms with Crippen LogP contribution in [0.2, 0.25) is 0 Å². The molecule has 0 spiro atoms. The van der Waals surface area contributed by atoms with E-state index in [2.05, 4.69) is 24.1 Å². The van der Waals surface area contributed by atoms with Crippen molar-refractivity contribution in [3.05, 3.63) is 46.3 Å². The molecule has 3 rings (SSSR count). The van der Waals surface area contributed by atoms with Crippen LogP contribution in [-0.2, 0) is 6.42 Å². The lowest BCUT2D eigenvalue weighted by atomic mass is 9.75. The molecule has 1 aliphatic rings. The molecule has 0 atom stereocenters. The van der Waals surface area contributed by atoms with Crippen molar-refractivity contribution in [1.82, 2.24) is 4.98 Å². The minimum absolute atomic E-state index is 0.0757. The van der Waals surface area contributed by atoms with E-state index >= 15 is 0 Å². The molecule has 26 heavy (non-hydrogen) atoms. The van der Waals surface area contributed by atoms with E-state index < -0.39 is 0 Å². The molecule has 1 heterocycles. The van der Waals surface area contributed by atoms with Crippen molar-refractivity contribution in [2.45, 2.75) is 40.5 Å². The van der Waals surface area contributed by atoms with Gasteiger partial charge in [0.1, 0.15) is 5.69 Å². The van der Waals surface area contributed by atoms with Crippen LogP contribution < -0.4 is 10.2 Å². The standard InChI is InChI=1S/C21H27N3O2/c1-12-9-14(24(5)6)7-8-15(12)23-20(26)19-13(2)18-16(22-19)10-21(3,4)11-17(18)25/h7-9,22H,10-11H2,1-6H3,(H,23,26). The summed E-state index contributed by atoms with van der Waals surface area (Å²) in [6.07, 6.45) is 1.30. The second-order valence-corrected chi connectivity index (χ2v) is 8.27. The van der Waals surface area contributed by atoms with Crippen molar-refractivity contribution < 1.29 is 9.59 Å². The summed E-state index contributed by atoms with van der Waals surface area (Å²) < 4.78 is 0. The second-order valence-electron chi connectivity index (χ2n) is 8.27. The van der Waals surface area contributed by atoms with E-state index in [-0.39, 0.29) is 17.1 Å². The number of nitrogens with one attached hydrogen (secondary N) is 2. The SMILES string of the molecule is Cc1cc(N(C)C)ccc1NC(=O)c1[nH]c2c(c1C)C(=O)CC(C)(C)C2. The monoisotopic (exact) mass is 353 g/mol. The average molecular weight is 353 g/mol. The Morgan fingerprint density at radius 1 is 1.19 bits per heavy atom. The van der Waals surface area contributed by atoms with Gasteiger partial charge in [-0.2, -0.15) is 0 Å². The van der Waals surface area contributed by atoms with Crippen LogP contribution in [0, 0.1) is 19.3 Å². The second kappa shape index (κ2) is 6.31. The van der Waals surface area contributed by atoms with E-state index in [1.54, 1.807) is 0 Å². The minimum atomic E-state index is -0.205. The number of rotatable bonds is 3. The fraction of sp³-hybridized carbons (Fsp3) is 0.429. The van der Waals surface area contributed by atoms with Crippen molar-refractivity contribution in [1.29, 1.82) is 0 Å². The number of ketones is 1. The normalized spacial score (nSPS) is 15.5. The van der Waals surface area contributed by atoms with Crippen molar-refractivity contribution in [3.8, 4) is 0 Å². The zero-order valence-electron chi connectivity index (χ0n) is 16.4. The summed E-state index contributed by atoms with van der Waals surface area (Å²) in [5.74, 6) is -0.0845. The van der Waals surface area contributed by atoms with Gasteiger partial charge in [0.05, 0.1) is 0 Å². The van der Waals surface area contributed by atoms with Crippen LogP contribution in [0.25, 0.3) is 0 Å². The van der Waals surface area contributed by atoms with Crippen molar-refractivity contribution >= 4 is 23.1 Å². The smallest absolute Gasteiger partial charge is 0.272 e. The highest BCUT2D eigenvalue weighted by atomic mass is 16.2. The van der Waals surface area contributed by atoms with Gasteiger partial charge in [-0.05, 0) is 55.0 Å². The maximum Gasteiger partial charge on any atom is 0.272 e.